The number of sulfone groups is 1. The maximum atomic E-state index is 13.8. The summed E-state index contributed by atoms with van der Waals surface area (Å²) in [6, 6.07) is 11.7. The third kappa shape index (κ3) is 3.48. The van der Waals surface area contributed by atoms with Crippen molar-refractivity contribution in [3.05, 3.63) is 65.3 Å². The van der Waals surface area contributed by atoms with Gasteiger partial charge in [-0.1, -0.05) is 23.4 Å². The number of aromatic amines is 1. The van der Waals surface area contributed by atoms with Crippen LogP contribution in [0.2, 0.25) is 0 Å². The fraction of sp³-hybridized carbons (Fsp3) is 0.346. The largest absolute Gasteiger partial charge is 0.361 e. The number of imidazole rings is 1. The molecule has 9 heteroatoms. The number of aryl methyl sites for hydroxylation is 2. The second-order valence-corrected chi connectivity index (χ2v) is 11.8. The minimum absolute atomic E-state index is 0.0741. The summed E-state index contributed by atoms with van der Waals surface area (Å²) >= 11 is 0. The third-order valence-corrected chi connectivity index (χ3v) is 9.40. The fourth-order valence-electron chi connectivity index (χ4n) is 5.28. The Morgan fingerprint density at radius 2 is 1.86 bits per heavy atom. The minimum Gasteiger partial charge on any atom is -0.361 e. The standard InChI is InChI=1S/C26H26N4O4S/c1-14-23(15(2)34-29-14)17-11-19(24-20(12-17)27-26(28-24)16-9-10-16)25-21(13-22(31)30(25)3)35(32,33)18-7-5-4-6-8-18/h4-8,11-12,16,21,25H,9-10,13H2,1-3H3,(H,27,28). The first-order chi connectivity index (χ1) is 16.8. The molecule has 1 saturated carbocycles. The molecule has 2 unspecified atom stereocenters. The first-order valence-corrected chi connectivity index (χ1v) is 13.3. The smallest absolute Gasteiger partial charge is 0.224 e. The summed E-state index contributed by atoms with van der Waals surface area (Å²) in [7, 11) is -2.11. The molecule has 2 aliphatic rings. The van der Waals surface area contributed by atoms with E-state index in [0.29, 0.717) is 17.2 Å². The number of H-pyrrole nitrogens is 1. The van der Waals surface area contributed by atoms with Gasteiger partial charge in [-0.3, -0.25) is 4.79 Å². The van der Waals surface area contributed by atoms with Gasteiger partial charge in [-0.2, -0.15) is 0 Å². The molecule has 2 fully saturated rings. The molecule has 2 aromatic carbocycles. The number of amides is 1. The van der Waals surface area contributed by atoms with E-state index in [1.807, 2.05) is 26.0 Å². The van der Waals surface area contributed by atoms with Crippen LogP contribution in [-0.2, 0) is 14.6 Å². The summed E-state index contributed by atoms with van der Waals surface area (Å²) in [5.41, 5.74) is 4.73. The molecule has 0 bridgehead atoms. The van der Waals surface area contributed by atoms with Crippen molar-refractivity contribution in [3.63, 3.8) is 0 Å². The number of fused-ring (bicyclic) bond motifs is 1. The number of hydrogen-bond acceptors (Lipinski definition) is 6. The lowest BCUT2D eigenvalue weighted by Crippen LogP contribution is -2.30. The molecule has 0 radical (unpaired) electrons. The minimum atomic E-state index is -3.78. The van der Waals surface area contributed by atoms with Crippen LogP contribution in [0, 0.1) is 13.8 Å². The van der Waals surface area contributed by atoms with E-state index in [-0.39, 0.29) is 17.2 Å². The van der Waals surface area contributed by atoms with Gasteiger partial charge in [0.2, 0.25) is 5.91 Å². The van der Waals surface area contributed by atoms with Crippen molar-refractivity contribution in [1.82, 2.24) is 20.0 Å². The van der Waals surface area contributed by atoms with E-state index in [1.165, 1.54) is 0 Å². The fourth-order valence-corrected chi connectivity index (χ4v) is 7.20. The number of nitrogens with one attached hydrogen (secondary N) is 1. The Balaban J connectivity index is 1.58. The van der Waals surface area contributed by atoms with Gasteiger partial charge in [0.05, 0.1) is 32.9 Å². The molecule has 180 valence electrons. The first-order valence-electron chi connectivity index (χ1n) is 11.8. The number of aromatic nitrogens is 3. The predicted octanol–water partition coefficient (Wildman–Crippen LogP) is 4.46. The van der Waals surface area contributed by atoms with Crippen molar-refractivity contribution in [3.8, 4) is 11.1 Å². The number of benzene rings is 2. The third-order valence-electron chi connectivity index (χ3n) is 7.25. The highest BCUT2D eigenvalue weighted by Crippen LogP contribution is 2.45. The van der Waals surface area contributed by atoms with Crippen LogP contribution < -0.4 is 0 Å². The Bertz CT molecular complexity index is 1550. The van der Waals surface area contributed by atoms with E-state index in [2.05, 4.69) is 10.1 Å². The van der Waals surface area contributed by atoms with Gasteiger partial charge in [0.15, 0.2) is 9.84 Å². The SMILES string of the molecule is Cc1noc(C)c1-c1cc(C2C(S(=O)(=O)c3ccccc3)CC(=O)N2C)c2nc(C3CC3)[nH]c2c1. The number of carbonyl (C=O) groups excluding carboxylic acids is 1. The molecule has 1 N–H and O–H groups in total. The van der Waals surface area contributed by atoms with Gasteiger partial charge < -0.3 is 14.4 Å². The lowest BCUT2D eigenvalue weighted by Gasteiger charge is -2.26. The summed E-state index contributed by atoms with van der Waals surface area (Å²) in [6.07, 6.45) is 2.09. The van der Waals surface area contributed by atoms with Crippen LogP contribution >= 0.6 is 0 Å². The molecule has 2 atom stereocenters. The maximum Gasteiger partial charge on any atom is 0.224 e. The normalized spacial score (nSPS) is 20.8. The van der Waals surface area contributed by atoms with Gasteiger partial charge in [-0.05, 0) is 56.5 Å². The summed E-state index contributed by atoms with van der Waals surface area (Å²) in [6.45, 7) is 3.74. The molecule has 1 amide bonds. The predicted molar refractivity (Wildman–Crippen MR) is 131 cm³/mol. The molecule has 6 rings (SSSR count). The Kier molecular flexibility index (Phi) is 4.90. The van der Waals surface area contributed by atoms with E-state index in [9.17, 15) is 13.2 Å². The highest BCUT2D eigenvalue weighted by molar-refractivity contribution is 7.92. The molecule has 2 aromatic heterocycles. The van der Waals surface area contributed by atoms with Crippen LogP contribution in [0.3, 0.4) is 0 Å². The number of nitrogens with zero attached hydrogens (tertiary/aromatic N) is 3. The van der Waals surface area contributed by atoms with E-state index >= 15 is 0 Å². The maximum absolute atomic E-state index is 13.8. The highest BCUT2D eigenvalue weighted by Gasteiger charge is 2.47. The molecule has 8 nitrogen and oxygen atoms in total. The van der Waals surface area contributed by atoms with Gasteiger partial charge in [-0.15, -0.1) is 0 Å². The van der Waals surface area contributed by atoms with Crippen LogP contribution in [0.5, 0.6) is 0 Å². The Hall–Kier alpha value is -3.46. The average molecular weight is 491 g/mol. The second kappa shape index (κ2) is 7.78. The van der Waals surface area contributed by atoms with E-state index in [0.717, 1.165) is 46.6 Å². The van der Waals surface area contributed by atoms with Crippen molar-refractivity contribution in [2.45, 2.75) is 55.2 Å². The van der Waals surface area contributed by atoms with Crippen LogP contribution in [0.15, 0.2) is 51.9 Å². The van der Waals surface area contributed by atoms with Gasteiger partial charge in [0.1, 0.15) is 11.6 Å². The van der Waals surface area contributed by atoms with Crippen molar-refractivity contribution >= 4 is 26.8 Å². The topological polar surface area (TPSA) is 109 Å². The lowest BCUT2D eigenvalue weighted by atomic mass is 9.95. The zero-order chi connectivity index (χ0) is 24.5. The van der Waals surface area contributed by atoms with Gasteiger partial charge in [-0.25, -0.2) is 13.4 Å². The first kappa shape index (κ1) is 22.0. The Morgan fingerprint density at radius 1 is 1.11 bits per heavy atom. The molecule has 4 aromatic rings. The summed E-state index contributed by atoms with van der Waals surface area (Å²) in [4.78, 5) is 23.1. The van der Waals surface area contributed by atoms with Gasteiger partial charge in [0, 0.05) is 30.5 Å². The van der Waals surface area contributed by atoms with Crippen LogP contribution in [0.1, 0.15) is 54.1 Å². The van der Waals surface area contributed by atoms with Crippen molar-refractivity contribution < 1.29 is 17.7 Å². The molecule has 1 aliphatic carbocycles. The Labute approximate surface area is 203 Å². The quantitative estimate of drug-likeness (QED) is 0.442. The number of hydrogen-bond donors (Lipinski definition) is 1. The van der Waals surface area contributed by atoms with Crippen LogP contribution in [0.25, 0.3) is 22.2 Å². The van der Waals surface area contributed by atoms with E-state index in [1.54, 1.807) is 42.3 Å². The lowest BCUT2D eigenvalue weighted by molar-refractivity contribution is -0.127. The molecule has 3 heterocycles. The van der Waals surface area contributed by atoms with Crippen LogP contribution in [-0.4, -0.2) is 46.6 Å². The second-order valence-electron chi connectivity index (χ2n) is 9.61. The van der Waals surface area contributed by atoms with E-state index in [4.69, 9.17) is 9.51 Å². The summed E-state index contributed by atoms with van der Waals surface area (Å²) < 4.78 is 32.9. The van der Waals surface area contributed by atoms with Crippen molar-refractivity contribution in [2.24, 2.45) is 0 Å². The van der Waals surface area contributed by atoms with Crippen molar-refractivity contribution in [1.29, 1.82) is 0 Å². The molecule has 0 spiro atoms. The summed E-state index contributed by atoms with van der Waals surface area (Å²) in [5.74, 6) is 1.78. The number of rotatable bonds is 5. The number of carbonyl (C=O) groups is 1. The van der Waals surface area contributed by atoms with Crippen LogP contribution in [0.4, 0.5) is 0 Å². The average Bonchev–Trinajstić information content (AvgIpc) is 3.42. The monoisotopic (exact) mass is 490 g/mol. The zero-order valence-corrected chi connectivity index (χ0v) is 20.6. The molecule has 1 aliphatic heterocycles. The number of likely N-dealkylation sites (tertiary alicyclic amines) is 1. The Morgan fingerprint density at radius 3 is 2.51 bits per heavy atom. The molecule has 35 heavy (non-hydrogen) atoms. The van der Waals surface area contributed by atoms with Crippen molar-refractivity contribution in [2.75, 3.05) is 7.05 Å². The van der Waals surface area contributed by atoms with E-state index < -0.39 is 21.1 Å². The van der Waals surface area contributed by atoms with Gasteiger partial charge in [0.25, 0.3) is 0 Å². The molecular weight excluding hydrogens is 464 g/mol. The zero-order valence-electron chi connectivity index (χ0n) is 19.8. The molecular formula is C26H26N4O4S. The summed E-state index contributed by atoms with van der Waals surface area (Å²) in [5, 5.41) is 3.18. The molecule has 1 saturated heterocycles. The van der Waals surface area contributed by atoms with Gasteiger partial charge >= 0.3 is 0 Å². The highest BCUT2D eigenvalue weighted by atomic mass is 32.2.